The first-order valence-electron chi connectivity index (χ1n) is 3.17. The van der Waals surface area contributed by atoms with Crippen LogP contribution in [0, 0.1) is 12.3 Å². The zero-order valence-corrected chi connectivity index (χ0v) is 5.86. The van der Waals surface area contributed by atoms with E-state index in [1.54, 1.807) is 24.3 Å². The molecule has 1 rings (SSSR count). The number of aliphatic hydroxyl groups is 2. The van der Waals surface area contributed by atoms with Gasteiger partial charge in [-0.05, 0) is 6.07 Å². The van der Waals surface area contributed by atoms with Crippen molar-refractivity contribution in [2.24, 2.45) is 0 Å². The van der Waals surface area contributed by atoms with Crippen LogP contribution in [0.5, 0.6) is 0 Å². The van der Waals surface area contributed by atoms with E-state index in [2.05, 4.69) is 5.92 Å². The Morgan fingerprint density at radius 1 is 1.27 bits per heavy atom. The highest BCUT2D eigenvalue weighted by Crippen LogP contribution is 2.13. The molecule has 2 nitrogen and oxygen atoms in total. The van der Waals surface area contributed by atoms with Crippen molar-refractivity contribution in [3.05, 3.63) is 35.4 Å². The number of benzene rings is 1. The smallest absolute Gasteiger partial charge is 0.179 e. The van der Waals surface area contributed by atoms with Gasteiger partial charge in [0.2, 0.25) is 0 Å². The Bertz CT molecular complexity index is 284. The molecule has 0 radical (unpaired) electrons. The van der Waals surface area contributed by atoms with Crippen LogP contribution in [0.2, 0.25) is 0 Å². The van der Waals surface area contributed by atoms with Crippen LogP contribution >= 0.6 is 0 Å². The Labute approximate surface area is 65.1 Å². The quantitative estimate of drug-likeness (QED) is 0.453. The molecule has 0 amide bonds. The van der Waals surface area contributed by atoms with Crippen LogP contribution in [0.1, 0.15) is 17.4 Å². The summed E-state index contributed by atoms with van der Waals surface area (Å²) in [5.41, 5.74) is 0.887. The highest BCUT2D eigenvalue weighted by molar-refractivity contribution is 5.40. The van der Waals surface area contributed by atoms with Crippen LogP contribution in [0.25, 0.3) is 0 Å². The first kappa shape index (κ1) is 7.80. The molecule has 0 aliphatic rings. The lowest BCUT2D eigenvalue weighted by Gasteiger charge is -2.04. The summed E-state index contributed by atoms with van der Waals surface area (Å²) in [4.78, 5) is 0. The average molecular weight is 148 g/mol. The molecule has 2 heteroatoms. The predicted molar refractivity (Wildman–Crippen MR) is 41.6 cm³/mol. The molecule has 0 saturated carbocycles. The van der Waals surface area contributed by atoms with E-state index in [9.17, 15) is 0 Å². The SMILES string of the molecule is C#Cc1ccccc1C(O)O. The van der Waals surface area contributed by atoms with Crippen molar-refractivity contribution >= 4 is 0 Å². The van der Waals surface area contributed by atoms with E-state index in [1.165, 1.54) is 0 Å². The van der Waals surface area contributed by atoms with Gasteiger partial charge in [-0.1, -0.05) is 24.1 Å². The Morgan fingerprint density at radius 3 is 2.36 bits per heavy atom. The number of hydrogen-bond acceptors (Lipinski definition) is 2. The van der Waals surface area contributed by atoms with E-state index in [4.69, 9.17) is 16.6 Å². The summed E-state index contributed by atoms with van der Waals surface area (Å²) in [5, 5.41) is 17.6. The highest BCUT2D eigenvalue weighted by Gasteiger charge is 2.05. The second-order valence-corrected chi connectivity index (χ2v) is 2.11. The molecule has 0 unspecified atom stereocenters. The third-order valence-electron chi connectivity index (χ3n) is 1.39. The van der Waals surface area contributed by atoms with E-state index < -0.39 is 6.29 Å². The zero-order valence-electron chi connectivity index (χ0n) is 5.86. The largest absolute Gasteiger partial charge is 0.364 e. The topological polar surface area (TPSA) is 40.5 Å². The molecule has 1 aromatic carbocycles. The van der Waals surface area contributed by atoms with Gasteiger partial charge in [-0.3, -0.25) is 0 Å². The number of rotatable bonds is 1. The Balaban J connectivity index is 3.15. The first-order valence-corrected chi connectivity index (χ1v) is 3.17. The third-order valence-corrected chi connectivity index (χ3v) is 1.39. The summed E-state index contributed by atoms with van der Waals surface area (Å²) in [6, 6.07) is 6.70. The maximum Gasteiger partial charge on any atom is 0.179 e. The van der Waals surface area contributed by atoms with Gasteiger partial charge < -0.3 is 10.2 Å². The third kappa shape index (κ3) is 1.58. The van der Waals surface area contributed by atoms with Gasteiger partial charge in [0.25, 0.3) is 0 Å². The minimum Gasteiger partial charge on any atom is -0.364 e. The standard InChI is InChI=1S/C9H8O2/c1-2-7-5-3-4-6-8(7)9(10)11/h1,3-6,9-11H. The summed E-state index contributed by atoms with van der Waals surface area (Å²) in [7, 11) is 0. The second-order valence-electron chi connectivity index (χ2n) is 2.11. The maximum absolute atomic E-state index is 8.80. The molecular weight excluding hydrogens is 140 g/mol. The highest BCUT2D eigenvalue weighted by atomic mass is 16.5. The molecule has 0 aromatic heterocycles. The lowest BCUT2D eigenvalue weighted by molar-refractivity contribution is -0.0426. The van der Waals surface area contributed by atoms with Gasteiger partial charge in [-0.25, -0.2) is 0 Å². The van der Waals surface area contributed by atoms with E-state index in [0.717, 1.165) is 0 Å². The summed E-state index contributed by atoms with van der Waals surface area (Å²) in [6.45, 7) is 0. The normalized spacial score (nSPS) is 9.64. The first-order chi connectivity index (χ1) is 5.25. The number of hydrogen-bond donors (Lipinski definition) is 2. The van der Waals surface area contributed by atoms with Crippen LogP contribution in [0.4, 0.5) is 0 Å². The molecule has 0 saturated heterocycles. The van der Waals surface area contributed by atoms with E-state index in [1.807, 2.05) is 0 Å². The molecule has 2 N–H and O–H groups in total. The monoisotopic (exact) mass is 148 g/mol. The molecule has 11 heavy (non-hydrogen) atoms. The van der Waals surface area contributed by atoms with Gasteiger partial charge in [-0.2, -0.15) is 0 Å². The predicted octanol–water partition coefficient (Wildman–Crippen LogP) is 0.651. The summed E-state index contributed by atoms with van der Waals surface area (Å²) < 4.78 is 0. The molecule has 0 spiro atoms. The molecule has 0 bridgehead atoms. The molecule has 0 atom stereocenters. The molecule has 56 valence electrons. The van der Waals surface area contributed by atoms with Crippen molar-refractivity contribution in [3.8, 4) is 12.3 Å². The number of aliphatic hydroxyl groups excluding tert-OH is 1. The Hall–Kier alpha value is -1.30. The summed E-state index contributed by atoms with van der Waals surface area (Å²) in [6.07, 6.45) is 3.63. The van der Waals surface area contributed by atoms with Crippen LogP contribution in [0.3, 0.4) is 0 Å². The Morgan fingerprint density at radius 2 is 1.91 bits per heavy atom. The fraction of sp³-hybridized carbons (Fsp3) is 0.111. The van der Waals surface area contributed by atoms with Crippen molar-refractivity contribution in [2.75, 3.05) is 0 Å². The van der Waals surface area contributed by atoms with Gasteiger partial charge in [0.1, 0.15) is 0 Å². The van der Waals surface area contributed by atoms with Crippen molar-refractivity contribution in [1.29, 1.82) is 0 Å². The van der Waals surface area contributed by atoms with Crippen LogP contribution in [-0.4, -0.2) is 10.2 Å². The minimum absolute atomic E-state index is 0.370. The van der Waals surface area contributed by atoms with Crippen molar-refractivity contribution in [3.63, 3.8) is 0 Å². The molecule has 1 aromatic rings. The molecule has 0 aliphatic heterocycles. The van der Waals surface area contributed by atoms with Gasteiger partial charge >= 0.3 is 0 Å². The van der Waals surface area contributed by atoms with Gasteiger partial charge in [0, 0.05) is 11.1 Å². The van der Waals surface area contributed by atoms with E-state index in [0.29, 0.717) is 11.1 Å². The summed E-state index contributed by atoms with van der Waals surface area (Å²) >= 11 is 0. The molecular formula is C9H8O2. The van der Waals surface area contributed by atoms with E-state index >= 15 is 0 Å². The van der Waals surface area contributed by atoms with Crippen LogP contribution < -0.4 is 0 Å². The molecule has 0 aliphatic carbocycles. The lowest BCUT2D eigenvalue weighted by atomic mass is 10.1. The minimum atomic E-state index is -1.48. The van der Waals surface area contributed by atoms with E-state index in [-0.39, 0.29) is 0 Å². The van der Waals surface area contributed by atoms with Crippen LogP contribution in [0.15, 0.2) is 24.3 Å². The second kappa shape index (κ2) is 3.20. The Kier molecular flexibility index (Phi) is 2.27. The fourth-order valence-electron chi connectivity index (χ4n) is 0.854. The zero-order chi connectivity index (χ0) is 8.27. The van der Waals surface area contributed by atoms with Crippen LogP contribution in [-0.2, 0) is 0 Å². The van der Waals surface area contributed by atoms with Gasteiger partial charge in [0.15, 0.2) is 6.29 Å². The lowest BCUT2D eigenvalue weighted by Crippen LogP contribution is -1.97. The average Bonchev–Trinajstić information content (AvgIpc) is 2.04. The number of terminal acetylenes is 1. The fourth-order valence-corrected chi connectivity index (χ4v) is 0.854. The summed E-state index contributed by atoms with van der Waals surface area (Å²) in [5.74, 6) is 2.36. The molecule has 0 heterocycles. The molecule has 0 fully saturated rings. The van der Waals surface area contributed by atoms with Gasteiger partial charge in [-0.15, -0.1) is 6.42 Å². The van der Waals surface area contributed by atoms with Crippen molar-refractivity contribution in [2.45, 2.75) is 6.29 Å². The maximum atomic E-state index is 8.80. The van der Waals surface area contributed by atoms with Crippen molar-refractivity contribution in [1.82, 2.24) is 0 Å². The van der Waals surface area contributed by atoms with Gasteiger partial charge in [0.05, 0.1) is 0 Å². The van der Waals surface area contributed by atoms with Crippen molar-refractivity contribution < 1.29 is 10.2 Å².